The molecule has 0 atom stereocenters. The predicted molar refractivity (Wildman–Crippen MR) is 59.3 cm³/mol. The van der Waals surface area contributed by atoms with E-state index in [1.165, 1.54) is 16.2 Å². The van der Waals surface area contributed by atoms with Gasteiger partial charge in [0.05, 0.1) is 0 Å². The molecule has 0 bridgehead atoms. The molecular weight excluding hydrogens is 216 g/mol. The molecule has 0 aliphatic carbocycles. The molecule has 14 heavy (non-hydrogen) atoms. The predicted octanol–water partition coefficient (Wildman–Crippen LogP) is 3.48. The lowest BCUT2D eigenvalue weighted by Crippen LogP contribution is -1.89. The zero-order chi connectivity index (χ0) is 10.1. The van der Waals surface area contributed by atoms with Gasteiger partial charge in [-0.3, -0.25) is 0 Å². The van der Waals surface area contributed by atoms with Crippen molar-refractivity contribution in [1.29, 1.82) is 0 Å². The van der Waals surface area contributed by atoms with Crippen LogP contribution in [0.25, 0.3) is 11.1 Å². The van der Waals surface area contributed by atoms with Crippen molar-refractivity contribution in [3.05, 3.63) is 32.6 Å². The van der Waals surface area contributed by atoms with E-state index in [4.69, 9.17) is 5.11 Å². The van der Waals surface area contributed by atoms with Crippen LogP contribution in [-0.4, -0.2) is 11.1 Å². The van der Waals surface area contributed by atoms with Gasteiger partial charge in [0.2, 0.25) is 0 Å². The lowest BCUT2D eigenvalue weighted by molar-refractivity contribution is 0.0702. The molecule has 0 radical (unpaired) electrons. The number of aryl methyl sites for hydroxylation is 1. The van der Waals surface area contributed by atoms with E-state index in [9.17, 15) is 4.79 Å². The zero-order valence-electron chi connectivity index (χ0n) is 7.48. The van der Waals surface area contributed by atoms with Crippen LogP contribution in [0, 0.1) is 6.92 Å². The van der Waals surface area contributed by atoms with Crippen LogP contribution < -0.4 is 0 Å². The van der Waals surface area contributed by atoms with Crippen molar-refractivity contribution in [3.8, 4) is 11.1 Å². The standard InChI is InChI=1S/C10H8O2S2/c1-6-2-7(4-13-6)8-3-9(10(11)12)14-5-8/h2-5H,1H3,(H,11,12). The number of hydrogen-bond acceptors (Lipinski definition) is 3. The minimum absolute atomic E-state index is 0.392. The lowest BCUT2D eigenvalue weighted by Gasteiger charge is -1.87. The molecule has 2 aromatic heterocycles. The van der Waals surface area contributed by atoms with Crippen LogP contribution in [-0.2, 0) is 0 Å². The van der Waals surface area contributed by atoms with Gasteiger partial charge < -0.3 is 5.11 Å². The first kappa shape index (κ1) is 9.43. The third kappa shape index (κ3) is 1.71. The van der Waals surface area contributed by atoms with Gasteiger partial charge in [0, 0.05) is 4.88 Å². The SMILES string of the molecule is Cc1cc(-c2csc(C(=O)O)c2)cs1. The average molecular weight is 224 g/mol. The molecule has 0 aliphatic heterocycles. The van der Waals surface area contributed by atoms with E-state index in [2.05, 4.69) is 6.07 Å². The van der Waals surface area contributed by atoms with E-state index in [1.54, 1.807) is 17.4 Å². The van der Waals surface area contributed by atoms with E-state index in [-0.39, 0.29) is 0 Å². The fraction of sp³-hybridized carbons (Fsp3) is 0.100. The van der Waals surface area contributed by atoms with Crippen molar-refractivity contribution in [2.45, 2.75) is 6.92 Å². The fourth-order valence-corrected chi connectivity index (χ4v) is 2.66. The summed E-state index contributed by atoms with van der Waals surface area (Å²) in [6.07, 6.45) is 0. The summed E-state index contributed by atoms with van der Waals surface area (Å²) in [7, 11) is 0. The number of rotatable bonds is 2. The molecule has 0 saturated heterocycles. The number of aromatic carboxylic acids is 1. The first-order valence-electron chi connectivity index (χ1n) is 4.04. The van der Waals surface area contributed by atoms with E-state index in [1.807, 2.05) is 17.7 Å². The Kier molecular flexibility index (Phi) is 2.39. The number of carboxylic acid groups (broad SMARTS) is 1. The molecule has 0 saturated carbocycles. The summed E-state index contributed by atoms with van der Waals surface area (Å²) in [6, 6.07) is 3.78. The second-order valence-corrected chi connectivity index (χ2v) is 4.98. The topological polar surface area (TPSA) is 37.3 Å². The molecule has 0 fully saturated rings. The third-order valence-electron chi connectivity index (χ3n) is 1.87. The van der Waals surface area contributed by atoms with Crippen LogP contribution in [0.15, 0.2) is 22.9 Å². The van der Waals surface area contributed by atoms with Crippen LogP contribution in [0.5, 0.6) is 0 Å². The van der Waals surface area contributed by atoms with Crippen molar-refractivity contribution >= 4 is 28.6 Å². The van der Waals surface area contributed by atoms with Crippen molar-refractivity contribution in [1.82, 2.24) is 0 Å². The van der Waals surface area contributed by atoms with Gasteiger partial charge >= 0.3 is 5.97 Å². The fourth-order valence-electron chi connectivity index (χ4n) is 1.19. The van der Waals surface area contributed by atoms with Crippen molar-refractivity contribution < 1.29 is 9.90 Å². The highest BCUT2D eigenvalue weighted by Gasteiger charge is 2.08. The summed E-state index contributed by atoms with van der Waals surface area (Å²) in [5.74, 6) is -0.854. The average Bonchev–Trinajstić information content (AvgIpc) is 2.70. The smallest absolute Gasteiger partial charge is 0.345 e. The Morgan fingerprint density at radius 3 is 2.36 bits per heavy atom. The van der Waals surface area contributed by atoms with Crippen LogP contribution in [0.1, 0.15) is 14.5 Å². The monoisotopic (exact) mass is 224 g/mol. The molecular formula is C10H8O2S2. The molecule has 0 spiro atoms. The van der Waals surface area contributed by atoms with Gasteiger partial charge in [-0.15, -0.1) is 22.7 Å². The maximum absolute atomic E-state index is 10.7. The maximum Gasteiger partial charge on any atom is 0.345 e. The molecule has 2 nitrogen and oxygen atoms in total. The zero-order valence-corrected chi connectivity index (χ0v) is 9.11. The molecule has 2 heterocycles. The summed E-state index contributed by atoms with van der Waals surface area (Å²) >= 11 is 2.94. The van der Waals surface area contributed by atoms with Gasteiger partial charge in [0.25, 0.3) is 0 Å². The summed E-state index contributed by atoms with van der Waals surface area (Å²) in [6.45, 7) is 2.04. The summed E-state index contributed by atoms with van der Waals surface area (Å²) in [5, 5.41) is 12.7. The molecule has 2 aromatic rings. The van der Waals surface area contributed by atoms with E-state index < -0.39 is 5.97 Å². The molecule has 0 aliphatic rings. The Labute approximate surface area is 89.5 Å². The highest BCUT2D eigenvalue weighted by Crippen LogP contribution is 2.29. The molecule has 0 amide bonds. The van der Waals surface area contributed by atoms with Gasteiger partial charge in [0.1, 0.15) is 4.88 Å². The van der Waals surface area contributed by atoms with Crippen LogP contribution in [0.4, 0.5) is 0 Å². The van der Waals surface area contributed by atoms with Gasteiger partial charge in [-0.05, 0) is 40.9 Å². The molecule has 0 aromatic carbocycles. The Morgan fingerprint density at radius 2 is 1.86 bits per heavy atom. The summed E-state index contributed by atoms with van der Waals surface area (Å²) in [5.41, 5.74) is 2.10. The van der Waals surface area contributed by atoms with Crippen LogP contribution in [0.3, 0.4) is 0 Å². The van der Waals surface area contributed by atoms with Gasteiger partial charge in [-0.2, -0.15) is 0 Å². The third-order valence-corrected chi connectivity index (χ3v) is 3.65. The second-order valence-electron chi connectivity index (χ2n) is 2.95. The van der Waals surface area contributed by atoms with Gasteiger partial charge in [-0.25, -0.2) is 4.79 Å². The molecule has 0 unspecified atom stereocenters. The van der Waals surface area contributed by atoms with Gasteiger partial charge in [-0.1, -0.05) is 0 Å². The highest BCUT2D eigenvalue weighted by atomic mass is 32.1. The Morgan fingerprint density at radius 1 is 1.21 bits per heavy atom. The highest BCUT2D eigenvalue weighted by molar-refractivity contribution is 7.12. The van der Waals surface area contributed by atoms with Crippen molar-refractivity contribution in [2.75, 3.05) is 0 Å². The second kappa shape index (κ2) is 3.55. The lowest BCUT2D eigenvalue weighted by atomic mass is 10.2. The van der Waals surface area contributed by atoms with E-state index >= 15 is 0 Å². The Balaban J connectivity index is 2.38. The Bertz CT molecular complexity index is 468. The molecule has 1 N–H and O–H groups in total. The van der Waals surface area contributed by atoms with E-state index in [0.29, 0.717) is 4.88 Å². The van der Waals surface area contributed by atoms with E-state index in [0.717, 1.165) is 11.1 Å². The van der Waals surface area contributed by atoms with Crippen LogP contribution in [0.2, 0.25) is 0 Å². The molecule has 4 heteroatoms. The largest absolute Gasteiger partial charge is 0.477 e. The number of carbonyl (C=O) groups is 1. The minimum Gasteiger partial charge on any atom is -0.477 e. The first-order chi connectivity index (χ1) is 6.66. The molecule has 72 valence electrons. The summed E-state index contributed by atoms with van der Waals surface area (Å²) < 4.78 is 0. The number of carboxylic acids is 1. The normalized spacial score (nSPS) is 10.4. The number of hydrogen-bond donors (Lipinski definition) is 1. The van der Waals surface area contributed by atoms with Gasteiger partial charge in [0.15, 0.2) is 0 Å². The van der Waals surface area contributed by atoms with Crippen molar-refractivity contribution in [2.24, 2.45) is 0 Å². The summed E-state index contributed by atoms with van der Waals surface area (Å²) in [4.78, 5) is 12.3. The van der Waals surface area contributed by atoms with Crippen LogP contribution >= 0.6 is 22.7 Å². The van der Waals surface area contributed by atoms with Crippen molar-refractivity contribution in [3.63, 3.8) is 0 Å². The minimum atomic E-state index is -0.854. The molecule has 2 rings (SSSR count). The maximum atomic E-state index is 10.7. The first-order valence-corrected chi connectivity index (χ1v) is 5.80. The Hall–Kier alpha value is -1.13. The quantitative estimate of drug-likeness (QED) is 0.847. The number of thiophene rings is 2.